The van der Waals surface area contributed by atoms with Gasteiger partial charge < -0.3 is 10.5 Å². The molecule has 0 radical (unpaired) electrons. The summed E-state index contributed by atoms with van der Waals surface area (Å²) in [6.07, 6.45) is 5.06. The lowest BCUT2D eigenvalue weighted by Gasteiger charge is -2.27. The third kappa shape index (κ3) is 5.28. The number of halogens is 2. The molecule has 170 valence electrons. The molecule has 0 heterocycles. The summed E-state index contributed by atoms with van der Waals surface area (Å²) in [5, 5.41) is 1.06. The molecule has 0 saturated heterocycles. The van der Waals surface area contributed by atoms with Gasteiger partial charge in [-0.25, -0.2) is 8.42 Å². The summed E-state index contributed by atoms with van der Waals surface area (Å²) < 4.78 is 33.2. The number of hydrogen-bond acceptors (Lipinski definition) is 4. The molecule has 3 rings (SSSR count). The number of nitrogens with two attached hydrogens (primary N) is 1. The maximum atomic E-state index is 13.5. The zero-order valence-corrected chi connectivity index (χ0v) is 20.0. The molecule has 1 unspecified atom stereocenters. The SMILES string of the molecule is COc1ccc(S(=O)(=O)N(CC(N)=O)c2ccc(Cl)cc2CC2=C(Cl)C=CCC2C)cc1. The Morgan fingerprint density at radius 1 is 1.19 bits per heavy atom. The van der Waals surface area contributed by atoms with Crippen LogP contribution in [0.1, 0.15) is 18.9 Å². The Labute approximate surface area is 198 Å². The van der Waals surface area contributed by atoms with E-state index in [9.17, 15) is 13.2 Å². The number of sulfonamides is 1. The molecule has 0 aliphatic heterocycles. The fourth-order valence-corrected chi connectivity index (χ4v) is 5.58. The Bertz CT molecular complexity index is 1170. The standard InChI is InChI=1S/C23H24Cl2N2O4S/c1-15-4-3-5-21(25)20(15)13-16-12-17(24)6-11-22(16)27(14-23(26)28)32(29,30)19-9-7-18(31-2)8-10-19/h3,5-12,15H,4,13-14H2,1-2H3,(H2,26,28). The Hall–Kier alpha value is -2.48. The van der Waals surface area contributed by atoms with Gasteiger partial charge >= 0.3 is 0 Å². The number of nitrogens with zero attached hydrogens (tertiary/aromatic N) is 1. The summed E-state index contributed by atoms with van der Waals surface area (Å²) in [5.74, 6) is -0.0881. The van der Waals surface area contributed by atoms with E-state index in [-0.39, 0.29) is 10.8 Å². The van der Waals surface area contributed by atoms with E-state index in [4.69, 9.17) is 33.7 Å². The molecule has 2 aromatic carbocycles. The summed E-state index contributed by atoms with van der Waals surface area (Å²) in [5.41, 5.74) is 7.35. The molecule has 0 aromatic heterocycles. The molecule has 1 aliphatic carbocycles. The van der Waals surface area contributed by atoms with Crippen molar-refractivity contribution in [3.8, 4) is 5.75 Å². The minimum absolute atomic E-state index is 0.00617. The number of methoxy groups -OCH3 is 1. The molecule has 1 aliphatic rings. The summed E-state index contributed by atoms with van der Waals surface area (Å²) in [7, 11) is -2.62. The van der Waals surface area contributed by atoms with Crippen LogP contribution >= 0.6 is 23.2 Å². The van der Waals surface area contributed by atoms with Crippen LogP contribution in [0.2, 0.25) is 5.02 Å². The first-order chi connectivity index (χ1) is 15.1. The molecule has 1 amide bonds. The highest BCUT2D eigenvalue weighted by atomic mass is 35.5. The maximum Gasteiger partial charge on any atom is 0.264 e. The minimum atomic E-state index is -4.11. The van der Waals surface area contributed by atoms with E-state index in [0.29, 0.717) is 33.5 Å². The molecule has 1 atom stereocenters. The van der Waals surface area contributed by atoms with Crippen LogP contribution in [0.5, 0.6) is 5.75 Å². The number of allylic oxidation sites excluding steroid dienone is 4. The van der Waals surface area contributed by atoms with Gasteiger partial charge in [0.1, 0.15) is 12.3 Å². The van der Waals surface area contributed by atoms with Crippen LogP contribution in [0.4, 0.5) is 5.69 Å². The van der Waals surface area contributed by atoms with Gasteiger partial charge in [0.05, 0.1) is 17.7 Å². The van der Waals surface area contributed by atoms with Gasteiger partial charge in [-0.3, -0.25) is 9.10 Å². The van der Waals surface area contributed by atoms with Crippen molar-refractivity contribution in [1.29, 1.82) is 0 Å². The van der Waals surface area contributed by atoms with Crippen LogP contribution in [-0.4, -0.2) is 28.0 Å². The lowest BCUT2D eigenvalue weighted by molar-refractivity contribution is -0.116. The van der Waals surface area contributed by atoms with Gasteiger partial charge in [-0.2, -0.15) is 0 Å². The second-order valence-corrected chi connectivity index (χ2v) is 10.2. The normalized spacial score (nSPS) is 16.2. The molecule has 6 nitrogen and oxygen atoms in total. The van der Waals surface area contributed by atoms with Crippen molar-refractivity contribution >= 4 is 44.8 Å². The number of carbonyl (C=O) groups is 1. The lowest BCUT2D eigenvalue weighted by atomic mass is 9.88. The van der Waals surface area contributed by atoms with Crippen LogP contribution in [0.3, 0.4) is 0 Å². The third-order valence-corrected chi connectivity index (χ3v) is 7.67. The predicted molar refractivity (Wildman–Crippen MR) is 128 cm³/mol. The highest BCUT2D eigenvalue weighted by Crippen LogP contribution is 2.36. The molecule has 0 bridgehead atoms. The lowest BCUT2D eigenvalue weighted by Crippen LogP contribution is -2.39. The van der Waals surface area contributed by atoms with Gasteiger partial charge in [-0.15, -0.1) is 0 Å². The van der Waals surface area contributed by atoms with E-state index in [1.54, 1.807) is 30.3 Å². The van der Waals surface area contributed by atoms with Crippen LogP contribution in [-0.2, 0) is 21.2 Å². The average Bonchev–Trinajstić information content (AvgIpc) is 2.75. The number of ether oxygens (including phenoxy) is 1. The smallest absolute Gasteiger partial charge is 0.264 e. The van der Waals surface area contributed by atoms with E-state index in [2.05, 4.69) is 6.92 Å². The highest BCUT2D eigenvalue weighted by molar-refractivity contribution is 7.92. The van der Waals surface area contributed by atoms with Gasteiger partial charge in [0.25, 0.3) is 10.0 Å². The van der Waals surface area contributed by atoms with Gasteiger partial charge in [-0.1, -0.05) is 36.2 Å². The topological polar surface area (TPSA) is 89.7 Å². The first kappa shape index (κ1) is 24.2. The first-order valence-corrected chi connectivity index (χ1v) is 12.1. The molecule has 2 N–H and O–H groups in total. The van der Waals surface area contributed by atoms with Crippen LogP contribution in [0.15, 0.2) is 70.1 Å². The van der Waals surface area contributed by atoms with Crippen LogP contribution < -0.4 is 14.8 Å². The Morgan fingerprint density at radius 3 is 2.47 bits per heavy atom. The number of rotatable bonds is 8. The van der Waals surface area contributed by atoms with Gasteiger partial charge in [-0.05, 0) is 78.4 Å². The second-order valence-electron chi connectivity index (χ2n) is 7.52. The average molecular weight is 495 g/mol. The molecule has 0 fully saturated rings. The van der Waals surface area contributed by atoms with Gasteiger partial charge in [0.15, 0.2) is 0 Å². The van der Waals surface area contributed by atoms with E-state index in [1.165, 1.54) is 19.2 Å². The van der Waals surface area contributed by atoms with E-state index < -0.39 is 22.5 Å². The van der Waals surface area contributed by atoms with Crippen molar-refractivity contribution in [3.63, 3.8) is 0 Å². The molecule has 9 heteroatoms. The van der Waals surface area contributed by atoms with Gasteiger partial charge in [0, 0.05) is 10.1 Å². The van der Waals surface area contributed by atoms with Crippen molar-refractivity contribution in [1.82, 2.24) is 0 Å². The monoisotopic (exact) mass is 494 g/mol. The zero-order chi connectivity index (χ0) is 23.5. The number of primary amides is 1. The van der Waals surface area contributed by atoms with Crippen molar-refractivity contribution in [2.24, 2.45) is 11.7 Å². The predicted octanol–water partition coefficient (Wildman–Crippen LogP) is 4.66. The summed E-state index contributed by atoms with van der Waals surface area (Å²) in [4.78, 5) is 11.9. The highest BCUT2D eigenvalue weighted by Gasteiger charge is 2.29. The van der Waals surface area contributed by atoms with Crippen LogP contribution in [0.25, 0.3) is 0 Å². The first-order valence-electron chi connectivity index (χ1n) is 9.92. The Morgan fingerprint density at radius 2 is 1.88 bits per heavy atom. The summed E-state index contributed by atoms with van der Waals surface area (Å²) in [6.45, 7) is 1.53. The summed E-state index contributed by atoms with van der Waals surface area (Å²) in [6, 6.07) is 10.8. The Kier molecular flexibility index (Phi) is 7.54. The van der Waals surface area contributed by atoms with Crippen molar-refractivity contribution in [2.75, 3.05) is 18.0 Å². The molecular formula is C23H24Cl2N2O4S. The molecule has 2 aromatic rings. The van der Waals surface area contributed by atoms with Crippen molar-refractivity contribution in [3.05, 3.63) is 75.8 Å². The fraction of sp³-hybridized carbons (Fsp3) is 0.261. The Balaban J connectivity index is 2.12. The second kappa shape index (κ2) is 9.98. The van der Waals surface area contributed by atoms with Gasteiger partial charge in [0.2, 0.25) is 5.91 Å². The zero-order valence-electron chi connectivity index (χ0n) is 17.7. The molecule has 32 heavy (non-hydrogen) atoms. The molecule has 0 saturated carbocycles. The third-order valence-electron chi connectivity index (χ3n) is 5.29. The van der Waals surface area contributed by atoms with E-state index in [1.807, 2.05) is 12.2 Å². The number of hydrogen-bond donors (Lipinski definition) is 1. The number of carbonyl (C=O) groups excluding carboxylic acids is 1. The number of benzene rings is 2. The van der Waals surface area contributed by atoms with Crippen LogP contribution in [0, 0.1) is 5.92 Å². The molecular weight excluding hydrogens is 471 g/mol. The van der Waals surface area contributed by atoms with Crippen molar-refractivity contribution < 1.29 is 17.9 Å². The maximum absolute atomic E-state index is 13.5. The van der Waals surface area contributed by atoms with E-state index >= 15 is 0 Å². The molecule has 0 spiro atoms. The minimum Gasteiger partial charge on any atom is -0.497 e. The number of amides is 1. The quantitative estimate of drug-likeness (QED) is 0.577. The number of anilines is 1. The largest absolute Gasteiger partial charge is 0.497 e. The van der Waals surface area contributed by atoms with Crippen molar-refractivity contribution in [2.45, 2.75) is 24.7 Å². The fourth-order valence-electron chi connectivity index (χ4n) is 3.58. The van der Waals surface area contributed by atoms with E-state index in [0.717, 1.165) is 16.3 Å². The summed E-state index contributed by atoms with van der Waals surface area (Å²) >= 11 is 12.7.